The van der Waals surface area contributed by atoms with E-state index in [0.717, 1.165) is 32.1 Å². The van der Waals surface area contributed by atoms with Crippen LogP contribution in [0.25, 0.3) is 0 Å². The van der Waals surface area contributed by atoms with Crippen molar-refractivity contribution in [2.45, 2.75) is 63.1 Å². The number of amides is 1. The molecule has 1 amide bonds. The standard InChI is InChI=1S/C18H27N3O/c19-14(10-13-4-2-1-3-5-13)11-17(22)21-15-6-8-18(9-7-15)12-16(18)20/h1-5,14-16H,6-12,19-20H2,(H,21,22). The summed E-state index contributed by atoms with van der Waals surface area (Å²) in [6.07, 6.45) is 6.77. The van der Waals surface area contributed by atoms with Crippen LogP contribution in [0.15, 0.2) is 30.3 Å². The molecule has 4 nitrogen and oxygen atoms in total. The zero-order valence-corrected chi connectivity index (χ0v) is 13.1. The molecule has 1 spiro atoms. The summed E-state index contributed by atoms with van der Waals surface area (Å²) in [6, 6.07) is 10.7. The molecule has 5 N–H and O–H groups in total. The topological polar surface area (TPSA) is 81.1 Å². The van der Waals surface area contributed by atoms with Gasteiger partial charge in [-0.25, -0.2) is 0 Å². The van der Waals surface area contributed by atoms with Crippen LogP contribution in [-0.2, 0) is 11.2 Å². The van der Waals surface area contributed by atoms with Gasteiger partial charge in [0, 0.05) is 24.5 Å². The van der Waals surface area contributed by atoms with Gasteiger partial charge in [-0.2, -0.15) is 0 Å². The Bertz CT molecular complexity index is 508. The molecule has 1 aromatic carbocycles. The molecule has 2 saturated carbocycles. The second-order valence-corrected chi connectivity index (χ2v) is 7.17. The third-order valence-electron chi connectivity index (χ3n) is 5.39. The van der Waals surface area contributed by atoms with Gasteiger partial charge in [0.1, 0.15) is 0 Å². The molecule has 3 rings (SSSR count). The molecular formula is C18H27N3O. The zero-order chi connectivity index (χ0) is 15.6. The highest BCUT2D eigenvalue weighted by Crippen LogP contribution is 2.54. The number of nitrogens with one attached hydrogen (secondary N) is 1. The molecule has 2 unspecified atom stereocenters. The van der Waals surface area contributed by atoms with E-state index < -0.39 is 0 Å². The van der Waals surface area contributed by atoms with Crippen molar-refractivity contribution in [3.05, 3.63) is 35.9 Å². The van der Waals surface area contributed by atoms with Crippen LogP contribution in [0.1, 0.15) is 44.1 Å². The second kappa shape index (κ2) is 6.39. The lowest BCUT2D eigenvalue weighted by Gasteiger charge is -2.30. The Hall–Kier alpha value is -1.39. The first-order valence-corrected chi connectivity index (χ1v) is 8.42. The predicted molar refractivity (Wildman–Crippen MR) is 88.2 cm³/mol. The number of hydrogen-bond donors (Lipinski definition) is 3. The van der Waals surface area contributed by atoms with Crippen molar-refractivity contribution < 1.29 is 4.79 Å². The van der Waals surface area contributed by atoms with Crippen molar-refractivity contribution in [2.75, 3.05) is 0 Å². The van der Waals surface area contributed by atoms with Crippen LogP contribution >= 0.6 is 0 Å². The minimum absolute atomic E-state index is 0.0875. The van der Waals surface area contributed by atoms with E-state index in [2.05, 4.69) is 17.4 Å². The van der Waals surface area contributed by atoms with Crippen molar-refractivity contribution in [1.29, 1.82) is 0 Å². The molecular weight excluding hydrogens is 274 g/mol. The van der Waals surface area contributed by atoms with Crippen LogP contribution in [0.5, 0.6) is 0 Å². The quantitative estimate of drug-likeness (QED) is 0.774. The van der Waals surface area contributed by atoms with Gasteiger partial charge in [-0.3, -0.25) is 4.79 Å². The van der Waals surface area contributed by atoms with Gasteiger partial charge in [-0.05, 0) is 49.5 Å². The zero-order valence-electron chi connectivity index (χ0n) is 13.1. The van der Waals surface area contributed by atoms with E-state index in [9.17, 15) is 4.79 Å². The maximum Gasteiger partial charge on any atom is 0.221 e. The highest BCUT2D eigenvalue weighted by molar-refractivity contribution is 5.76. The van der Waals surface area contributed by atoms with Gasteiger partial charge >= 0.3 is 0 Å². The third-order valence-corrected chi connectivity index (χ3v) is 5.39. The molecule has 2 aliphatic carbocycles. The van der Waals surface area contributed by atoms with Crippen molar-refractivity contribution in [1.82, 2.24) is 5.32 Å². The van der Waals surface area contributed by atoms with Gasteiger partial charge in [0.05, 0.1) is 0 Å². The Morgan fingerprint density at radius 1 is 1.27 bits per heavy atom. The molecule has 0 bridgehead atoms. The molecule has 1 aromatic rings. The first-order valence-electron chi connectivity index (χ1n) is 8.42. The lowest BCUT2D eigenvalue weighted by molar-refractivity contribution is -0.122. The monoisotopic (exact) mass is 301 g/mol. The molecule has 0 radical (unpaired) electrons. The van der Waals surface area contributed by atoms with Gasteiger partial charge in [0.2, 0.25) is 5.91 Å². The van der Waals surface area contributed by atoms with Gasteiger partial charge in [-0.1, -0.05) is 30.3 Å². The van der Waals surface area contributed by atoms with E-state index in [0.29, 0.717) is 23.9 Å². The number of carbonyl (C=O) groups is 1. The van der Waals surface area contributed by atoms with Crippen LogP contribution in [0, 0.1) is 5.41 Å². The lowest BCUT2D eigenvalue weighted by atomic mass is 9.83. The summed E-state index contributed by atoms with van der Waals surface area (Å²) in [6.45, 7) is 0. The molecule has 22 heavy (non-hydrogen) atoms. The lowest BCUT2D eigenvalue weighted by Crippen LogP contribution is -2.41. The molecule has 0 aliphatic heterocycles. The first-order chi connectivity index (χ1) is 10.6. The van der Waals surface area contributed by atoms with Crippen LogP contribution in [0.3, 0.4) is 0 Å². The maximum atomic E-state index is 12.1. The SMILES string of the molecule is NC(CC(=O)NC1CCC2(CC1)CC2N)Cc1ccccc1. The van der Waals surface area contributed by atoms with E-state index in [1.165, 1.54) is 12.0 Å². The minimum Gasteiger partial charge on any atom is -0.353 e. The van der Waals surface area contributed by atoms with Gasteiger partial charge < -0.3 is 16.8 Å². The smallest absolute Gasteiger partial charge is 0.221 e. The number of rotatable bonds is 5. The van der Waals surface area contributed by atoms with E-state index in [4.69, 9.17) is 11.5 Å². The average molecular weight is 301 g/mol. The Morgan fingerprint density at radius 2 is 1.91 bits per heavy atom. The molecule has 4 heteroatoms. The van der Waals surface area contributed by atoms with Crippen molar-refractivity contribution in [3.8, 4) is 0 Å². The second-order valence-electron chi connectivity index (χ2n) is 7.17. The normalized spacial score (nSPS) is 31.7. The predicted octanol–water partition coefficient (Wildman–Crippen LogP) is 1.72. The largest absolute Gasteiger partial charge is 0.353 e. The van der Waals surface area contributed by atoms with Gasteiger partial charge in [-0.15, -0.1) is 0 Å². The third kappa shape index (κ3) is 3.68. The molecule has 0 aromatic heterocycles. The summed E-state index contributed by atoms with van der Waals surface area (Å²) in [5.74, 6) is 0.0875. The number of nitrogens with two attached hydrogens (primary N) is 2. The van der Waals surface area contributed by atoms with Crippen LogP contribution < -0.4 is 16.8 Å². The summed E-state index contributed by atoms with van der Waals surface area (Å²) in [5, 5.41) is 3.16. The highest BCUT2D eigenvalue weighted by Gasteiger charge is 2.52. The van der Waals surface area contributed by atoms with Crippen LogP contribution in [0.4, 0.5) is 0 Å². The van der Waals surface area contributed by atoms with E-state index in [1.807, 2.05) is 18.2 Å². The summed E-state index contributed by atoms with van der Waals surface area (Å²) in [7, 11) is 0. The van der Waals surface area contributed by atoms with Crippen LogP contribution in [0.2, 0.25) is 0 Å². The number of benzene rings is 1. The highest BCUT2D eigenvalue weighted by atomic mass is 16.1. The Morgan fingerprint density at radius 3 is 2.50 bits per heavy atom. The number of carbonyl (C=O) groups excluding carboxylic acids is 1. The molecule has 0 heterocycles. The van der Waals surface area contributed by atoms with Gasteiger partial charge in [0.25, 0.3) is 0 Å². The van der Waals surface area contributed by atoms with Crippen molar-refractivity contribution >= 4 is 5.91 Å². The van der Waals surface area contributed by atoms with E-state index >= 15 is 0 Å². The molecule has 2 fully saturated rings. The van der Waals surface area contributed by atoms with Crippen molar-refractivity contribution in [3.63, 3.8) is 0 Å². The summed E-state index contributed by atoms with van der Waals surface area (Å²) in [5.41, 5.74) is 13.7. The average Bonchev–Trinajstić information content (AvgIpc) is 3.12. The molecule has 2 aliphatic rings. The van der Waals surface area contributed by atoms with E-state index in [1.54, 1.807) is 0 Å². The fourth-order valence-electron chi connectivity index (χ4n) is 3.80. The number of hydrogen-bond acceptors (Lipinski definition) is 3. The molecule has 0 saturated heterocycles. The minimum atomic E-state index is -0.116. The van der Waals surface area contributed by atoms with Crippen molar-refractivity contribution in [2.24, 2.45) is 16.9 Å². The van der Waals surface area contributed by atoms with E-state index in [-0.39, 0.29) is 11.9 Å². The van der Waals surface area contributed by atoms with Crippen LogP contribution in [-0.4, -0.2) is 24.0 Å². The summed E-state index contributed by atoms with van der Waals surface area (Å²) in [4.78, 5) is 12.1. The van der Waals surface area contributed by atoms with Gasteiger partial charge in [0.15, 0.2) is 0 Å². The fourth-order valence-corrected chi connectivity index (χ4v) is 3.80. The maximum absolute atomic E-state index is 12.1. The fraction of sp³-hybridized carbons (Fsp3) is 0.611. The molecule has 120 valence electrons. The first kappa shape index (κ1) is 15.5. The Labute approximate surface area is 132 Å². The Balaban J connectivity index is 1.39. The summed E-state index contributed by atoms with van der Waals surface area (Å²) >= 11 is 0. The molecule has 2 atom stereocenters. The Kier molecular flexibility index (Phi) is 4.50. The summed E-state index contributed by atoms with van der Waals surface area (Å²) < 4.78 is 0.